The van der Waals surface area contributed by atoms with Gasteiger partial charge in [0.05, 0.1) is 0 Å². The Morgan fingerprint density at radius 1 is 0.625 bits per heavy atom. The van der Waals surface area contributed by atoms with Crippen molar-refractivity contribution < 1.29 is 0 Å². The first-order valence-electron chi connectivity index (χ1n) is 10.6. The minimum atomic E-state index is 0.136. The van der Waals surface area contributed by atoms with Crippen LogP contribution in [0.15, 0.2) is 30.3 Å². The Morgan fingerprint density at radius 2 is 1.08 bits per heavy atom. The van der Waals surface area contributed by atoms with E-state index in [1.54, 1.807) is 0 Å². The van der Waals surface area contributed by atoms with Gasteiger partial charge < -0.3 is 0 Å². The number of benzene rings is 1. The lowest BCUT2D eigenvalue weighted by Gasteiger charge is -2.30. The fourth-order valence-corrected chi connectivity index (χ4v) is 3.67. The van der Waals surface area contributed by atoms with Gasteiger partial charge in [0.15, 0.2) is 0 Å². The van der Waals surface area contributed by atoms with Crippen molar-refractivity contribution in [3.63, 3.8) is 0 Å². The molecule has 0 aliphatic rings. The van der Waals surface area contributed by atoms with Crippen molar-refractivity contribution >= 4 is 0 Å². The molecule has 1 radical (unpaired) electrons. The average Bonchev–Trinajstić information content (AvgIpc) is 2.62. The summed E-state index contributed by atoms with van der Waals surface area (Å²) in [5.74, 6) is 0. The highest BCUT2D eigenvalue weighted by atomic mass is 14.3. The van der Waals surface area contributed by atoms with Crippen molar-refractivity contribution in [2.75, 3.05) is 0 Å². The van der Waals surface area contributed by atoms with Crippen LogP contribution < -0.4 is 0 Å². The fourth-order valence-electron chi connectivity index (χ4n) is 3.67. The Hall–Kier alpha value is -0.780. The predicted octanol–water partition coefficient (Wildman–Crippen LogP) is 8.26. The van der Waals surface area contributed by atoms with Gasteiger partial charge in [-0.3, -0.25) is 0 Å². The van der Waals surface area contributed by atoms with Crippen LogP contribution in [0.1, 0.15) is 109 Å². The third-order valence-electron chi connectivity index (χ3n) is 5.40. The third-order valence-corrected chi connectivity index (χ3v) is 5.40. The molecule has 1 rings (SSSR count). The summed E-state index contributed by atoms with van der Waals surface area (Å²) in [7, 11) is 0. The number of hydrogen-bond acceptors (Lipinski definition) is 0. The summed E-state index contributed by atoms with van der Waals surface area (Å²) >= 11 is 0. The smallest absolute Gasteiger partial charge is 0.00466 e. The molecule has 0 saturated heterocycles. The first-order chi connectivity index (χ1) is 11.7. The van der Waals surface area contributed by atoms with Crippen LogP contribution in [0, 0.1) is 6.92 Å². The first kappa shape index (κ1) is 21.3. The summed E-state index contributed by atoms with van der Waals surface area (Å²) in [6.45, 7) is 9.23. The molecule has 0 heterocycles. The zero-order valence-electron chi connectivity index (χ0n) is 16.5. The molecule has 1 atom stereocenters. The van der Waals surface area contributed by atoms with E-state index in [1.165, 1.54) is 95.5 Å². The molecule has 1 aromatic carbocycles. The largest absolute Gasteiger partial charge is 0.0654 e. The van der Waals surface area contributed by atoms with E-state index in [0.29, 0.717) is 0 Å². The molecule has 0 fully saturated rings. The molecule has 0 heteroatoms. The maximum Gasteiger partial charge on any atom is -0.00466 e. The number of unbranched alkanes of at least 4 members (excludes halogenated alkanes) is 10. The standard InChI is InChI=1S/C24H41/c1-4-6-8-9-10-11-12-13-14-18-22-24(3,21-7-5-2)23-19-16-15-17-20-23/h15-17,19-20H,3-14,18,21-22H2,1-2H3. The SMILES string of the molecule is [CH2]C(CCCC)(CCCCCCCCCCCC)c1ccccc1. The zero-order chi connectivity index (χ0) is 17.5. The van der Waals surface area contributed by atoms with Gasteiger partial charge in [-0.25, -0.2) is 0 Å². The zero-order valence-corrected chi connectivity index (χ0v) is 16.5. The monoisotopic (exact) mass is 329 g/mol. The van der Waals surface area contributed by atoms with E-state index in [0.717, 1.165) is 0 Å². The fraction of sp³-hybridized carbons (Fsp3) is 0.708. The van der Waals surface area contributed by atoms with Crippen LogP contribution in [0.4, 0.5) is 0 Å². The quantitative estimate of drug-likeness (QED) is 0.284. The molecule has 0 bridgehead atoms. The molecule has 0 aromatic heterocycles. The van der Waals surface area contributed by atoms with Crippen molar-refractivity contribution in [3.05, 3.63) is 42.8 Å². The summed E-state index contributed by atoms with van der Waals surface area (Å²) in [5, 5.41) is 0. The third kappa shape index (κ3) is 8.90. The van der Waals surface area contributed by atoms with E-state index in [2.05, 4.69) is 51.1 Å². The molecular formula is C24H41. The van der Waals surface area contributed by atoms with Crippen molar-refractivity contribution in [2.45, 2.75) is 109 Å². The van der Waals surface area contributed by atoms with E-state index in [4.69, 9.17) is 0 Å². The lowest BCUT2D eigenvalue weighted by Crippen LogP contribution is -2.22. The van der Waals surface area contributed by atoms with Gasteiger partial charge in [0.1, 0.15) is 0 Å². The molecule has 0 aliphatic carbocycles. The Labute approximate surface area is 152 Å². The highest BCUT2D eigenvalue weighted by Gasteiger charge is 2.25. The van der Waals surface area contributed by atoms with Gasteiger partial charge in [0.25, 0.3) is 0 Å². The second kappa shape index (κ2) is 13.5. The topological polar surface area (TPSA) is 0 Å². The van der Waals surface area contributed by atoms with Gasteiger partial charge >= 0.3 is 0 Å². The predicted molar refractivity (Wildman–Crippen MR) is 109 cm³/mol. The molecule has 0 aliphatic heterocycles. The van der Waals surface area contributed by atoms with Crippen LogP contribution in [0.5, 0.6) is 0 Å². The normalized spacial score (nSPS) is 13.8. The lowest BCUT2D eigenvalue weighted by molar-refractivity contribution is 0.406. The highest BCUT2D eigenvalue weighted by molar-refractivity contribution is 5.26. The molecule has 0 saturated carbocycles. The van der Waals surface area contributed by atoms with Gasteiger partial charge in [0.2, 0.25) is 0 Å². The number of rotatable bonds is 15. The van der Waals surface area contributed by atoms with Crippen molar-refractivity contribution in [1.82, 2.24) is 0 Å². The minimum Gasteiger partial charge on any atom is -0.0654 e. The molecule has 0 amide bonds. The Balaban J connectivity index is 2.21. The van der Waals surface area contributed by atoms with Gasteiger partial charge in [-0.15, -0.1) is 0 Å². The molecule has 0 N–H and O–H groups in total. The molecule has 0 spiro atoms. The molecule has 0 nitrogen and oxygen atoms in total. The van der Waals surface area contributed by atoms with Crippen LogP contribution in [0.3, 0.4) is 0 Å². The molecule has 1 aromatic rings. The van der Waals surface area contributed by atoms with Gasteiger partial charge in [-0.1, -0.05) is 121 Å². The molecular weight excluding hydrogens is 288 g/mol. The van der Waals surface area contributed by atoms with Crippen molar-refractivity contribution in [3.8, 4) is 0 Å². The van der Waals surface area contributed by atoms with Crippen LogP contribution in [0.2, 0.25) is 0 Å². The van der Waals surface area contributed by atoms with E-state index in [-0.39, 0.29) is 5.41 Å². The second-order valence-corrected chi connectivity index (χ2v) is 7.68. The van der Waals surface area contributed by atoms with E-state index in [9.17, 15) is 0 Å². The van der Waals surface area contributed by atoms with Crippen molar-refractivity contribution in [2.24, 2.45) is 0 Å². The van der Waals surface area contributed by atoms with Gasteiger partial charge in [0, 0.05) is 0 Å². The molecule has 24 heavy (non-hydrogen) atoms. The number of hydrogen-bond donors (Lipinski definition) is 0. The second-order valence-electron chi connectivity index (χ2n) is 7.68. The maximum atomic E-state index is 4.65. The Bertz CT molecular complexity index is 380. The van der Waals surface area contributed by atoms with E-state index in [1.807, 2.05) is 0 Å². The summed E-state index contributed by atoms with van der Waals surface area (Å²) in [5.41, 5.74) is 1.58. The van der Waals surface area contributed by atoms with Crippen LogP contribution in [-0.4, -0.2) is 0 Å². The Morgan fingerprint density at radius 3 is 1.62 bits per heavy atom. The molecule has 137 valence electrons. The Kier molecular flexibility index (Phi) is 12.0. The minimum absolute atomic E-state index is 0.136. The van der Waals surface area contributed by atoms with Crippen LogP contribution in [-0.2, 0) is 5.41 Å². The first-order valence-corrected chi connectivity index (χ1v) is 10.6. The molecule has 1 unspecified atom stereocenters. The average molecular weight is 330 g/mol. The highest BCUT2D eigenvalue weighted by Crippen LogP contribution is 2.34. The summed E-state index contributed by atoms with van der Waals surface area (Å²) in [6.07, 6.45) is 19.1. The maximum absolute atomic E-state index is 4.65. The van der Waals surface area contributed by atoms with E-state index >= 15 is 0 Å². The summed E-state index contributed by atoms with van der Waals surface area (Å²) < 4.78 is 0. The van der Waals surface area contributed by atoms with Gasteiger partial charge in [-0.2, -0.15) is 0 Å². The lowest BCUT2D eigenvalue weighted by atomic mass is 9.74. The summed E-state index contributed by atoms with van der Waals surface area (Å²) in [4.78, 5) is 0. The van der Waals surface area contributed by atoms with Crippen LogP contribution >= 0.6 is 0 Å². The van der Waals surface area contributed by atoms with E-state index < -0.39 is 0 Å². The van der Waals surface area contributed by atoms with Crippen molar-refractivity contribution in [1.29, 1.82) is 0 Å². The summed E-state index contributed by atoms with van der Waals surface area (Å²) in [6, 6.07) is 11.0. The van der Waals surface area contributed by atoms with Gasteiger partial charge in [-0.05, 0) is 30.7 Å². The van der Waals surface area contributed by atoms with Crippen LogP contribution in [0.25, 0.3) is 0 Å².